The number of nitrogens with two attached hydrogens (primary N) is 5. The molecule has 1 rings (SSSR count). The minimum Gasteiger partial charge on any atom is -0.481 e. The SMILES string of the molecule is CCCCCCCCCCCCCCCCCCC(=O)N[C@H](C(=O)N[C@@H](C)C(=O)N[C@@H](CCC(N)=O)C(=O)N[C@@H](CCC(=O)O)C(=O)N[C@@H](CC(C)C)C(=O)N[C@@H](CCCN=C(N)N)C(=O)NC(CCCN=C(N)N)C(=O)N[C@H](C(=O)NCC(=O)N[C@@H](CC(=O)O)C(=O)N[C@@H](CCC(=O)O)C(=O)N[C@@H](Cc1ccccc1)C(=O)O)[C@@H](C)CC)[C@@H](C)CC. The average molecular weight is 1730 g/mol. The number of aliphatic imine (C=N–C) groups is 2. The smallest absolute Gasteiger partial charge is 0.326 e. The van der Waals surface area contributed by atoms with Crippen molar-refractivity contribution >= 4 is 113 Å². The number of benzene rings is 1. The maximum atomic E-state index is 14.7. The van der Waals surface area contributed by atoms with Gasteiger partial charge in [0, 0.05) is 45.2 Å². The average Bonchev–Trinajstić information content (AvgIpc) is 0.850. The predicted octanol–water partition coefficient (Wildman–Crippen LogP) is 1.15. The largest absolute Gasteiger partial charge is 0.481 e. The van der Waals surface area contributed by atoms with E-state index < -0.39 is 225 Å². The number of nitrogens with one attached hydrogen (secondary N) is 12. The summed E-state index contributed by atoms with van der Waals surface area (Å²) in [4.78, 5) is 237. The Bertz CT molecular complexity index is 3560. The van der Waals surface area contributed by atoms with Gasteiger partial charge in [0.05, 0.1) is 13.0 Å². The molecule has 40 heteroatoms. The fourth-order valence-electron chi connectivity index (χ4n) is 12.9. The van der Waals surface area contributed by atoms with Gasteiger partial charge in [0.25, 0.3) is 0 Å². The van der Waals surface area contributed by atoms with Crippen molar-refractivity contribution in [2.75, 3.05) is 19.6 Å². The second kappa shape index (κ2) is 61.9. The maximum Gasteiger partial charge on any atom is 0.326 e. The summed E-state index contributed by atoms with van der Waals surface area (Å²) in [5.74, 6) is -21.0. The number of hydrogen-bond donors (Lipinski definition) is 21. The molecule has 13 amide bonds. The highest BCUT2D eigenvalue weighted by Crippen LogP contribution is 2.18. The van der Waals surface area contributed by atoms with E-state index in [1.165, 1.54) is 77.6 Å². The molecule has 1 aromatic carbocycles. The lowest BCUT2D eigenvalue weighted by molar-refractivity contribution is -0.143. The normalized spacial score (nSPS) is 14.2. The highest BCUT2D eigenvalue weighted by atomic mass is 16.4. The van der Waals surface area contributed by atoms with Crippen LogP contribution in [0.1, 0.15) is 260 Å². The van der Waals surface area contributed by atoms with Crippen LogP contribution in [0.5, 0.6) is 0 Å². The van der Waals surface area contributed by atoms with Gasteiger partial charge in [0.15, 0.2) is 11.9 Å². The molecule has 0 bridgehead atoms. The van der Waals surface area contributed by atoms with Gasteiger partial charge in [-0.3, -0.25) is 86.7 Å². The summed E-state index contributed by atoms with van der Waals surface area (Å²) in [6, 6.07) is -9.35. The summed E-state index contributed by atoms with van der Waals surface area (Å²) in [7, 11) is 0. The number of carbonyl (C=O) groups excluding carboxylic acids is 13. The van der Waals surface area contributed by atoms with Crippen LogP contribution in [0.15, 0.2) is 40.3 Å². The lowest BCUT2D eigenvalue weighted by atomic mass is 9.97. The van der Waals surface area contributed by atoms with Crippen LogP contribution in [-0.4, -0.2) is 219 Å². The third-order valence-electron chi connectivity index (χ3n) is 20.3. The van der Waals surface area contributed by atoms with Gasteiger partial charge in [-0.25, -0.2) is 4.79 Å². The van der Waals surface area contributed by atoms with Gasteiger partial charge in [-0.2, -0.15) is 0 Å². The van der Waals surface area contributed by atoms with Gasteiger partial charge in [0.1, 0.15) is 66.5 Å². The van der Waals surface area contributed by atoms with Crippen molar-refractivity contribution in [1.29, 1.82) is 0 Å². The number of amides is 13. The summed E-state index contributed by atoms with van der Waals surface area (Å²) >= 11 is 0. The van der Waals surface area contributed by atoms with Gasteiger partial charge >= 0.3 is 23.9 Å². The van der Waals surface area contributed by atoms with Crippen molar-refractivity contribution in [2.24, 2.45) is 56.4 Å². The van der Waals surface area contributed by atoms with Gasteiger partial charge in [0.2, 0.25) is 76.8 Å². The first-order valence-corrected chi connectivity index (χ1v) is 42.6. The summed E-state index contributed by atoms with van der Waals surface area (Å²) in [5.41, 5.74) is 28.3. The van der Waals surface area contributed by atoms with Crippen LogP contribution >= 0.6 is 0 Å². The van der Waals surface area contributed by atoms with Gasteiger partial charge in [-0.05, 0) is 88.0 Å². The van der Waals surface area contributed by atoms with Crippen molar-refractivity contribution in [3.63, 3.8) is 0 Å². The van der Waals surface area contributed by atoms with E-state index in [0.29, 0.717) is 18.4 Å². The van der Waals surface area contributed by atoms with E-state index in [2.05, 4.69) is 80.7 Å². The lowest BCUT2D eigenvalue weighted by Gasteiger charge is -2.29. The molecule has 0 heterocycles. The molecule has 0 radical (unpaired) electrons. The Morgan fingerprint density at radius 3 is 1.13 bits per heavy atom. The third kappa shape index (κ3) is 48.9. The Morgan fingerprint density at radius 1 is 0.352 bits per heavy atom. The number of carboxylic acids is 4. The zero-order valence-electron chi connectivity index (χ0n) is 72.2. The molecule has 0 aliphatic heterocycles. The molecular weight excluding hydrogens is 1590 g/mol. The predicted molar refractivity (Wildman–Crippen MR) is 454 cm³/mol. The van der Waals surface area contributed by atoms with Crippen LogP contribution in [0.3, 0.4) is 0 Å². The van der Waals surface area contributed by atoms with Gasteiger partial charge in [-0.15, -0.1) is 0 Å². The maximum absolute atomic E-state index is 14.7. The number of nitrogens with zero attached hydrogens (tertiary/aromatic N) is 2. The molecule has 26 N–H and O–H groups in total. The molecule has 0 aliphatic rings. The number of carbonyl (C=O) groups is 17. The molecule has 1 aromatic rings. The Labute approximate surface area is 714 Å². The van der Waals surface area contributed by atoms with E-state index in [1.54, 1.807) is 65.0 Å². The highest BCUT2D eigenvalue weighted by molar-refractivity contribution is 6.00. The number of rotatable bonds is 68. The van der Waals surface area contributed by atoms with Crippen LogP contribution in [0, 0.1) is 17.8 Å². The summed E-state index contributed by atoms with van der Waals surface area (Å²) in [6.07, 6.45) is 13.8. The molecule has 13 atom stereocenters. The number of guanidine groups is 2. The monoisotopic (exact) mass is 1730 g/mol. The van der Waals surface area contributed by atoms with Crippen molar-refractivity contribution in [3.05, 3.63) is 35.9 Å². The minimum absolute atomic E-state index is 0.0103. The second-order valence-corrected chi connectivity index (χ2v) is 31.4. The van der Waals surface area contributed by atoms with E-state index >= 15 is 0 Å². The minimum atomic E-state index is -1.99. The number of unbranched alkanes of at least 4 members (excludes halogenated alkanes) is 15. The first kappa shape index (κ1) is 109. The highest BCUT2D eigenvalue weighted by Gasteiger charge is 2.38. The molecule has 0 aromatic heterocycles. The zero-order valence-corrected chi connectivity index (χ0v) is 72.2. The molecule has 0 saturated carbocycles. The molecule has 0 saturated heterocycles. The topological polar surface area (TPSA) is 670 Å². The van der Waals surface area contributed by atoms with Crippen LogP contribution in [-0.2, 0) is 87.9 Å². The summed E-state index contributed by atoms with van der Waals surface area (Å²) in [5, 5.41) is 68.5. The van der Waals surface area contributed by atoms with E-state index in [9.17, 15) is 102 Å². The Morgan fingerprint density at radius 2 is 0.730 bits per heavy atom. The quantitative estimate of drug-likeness (QED) is 0.0247. The van der Waals surface area contributed by atoms with Crippen molar-refractivity contribution in [2.45, 2.75) is 327 Å². The lowest BCUT2D eigenvalue weighted by Crippen LogP contribution is -2.60. The molecule has 0 spiro atoms. The molecule has 40 nitrogen and oxygen atoms in total. The Kier molecular flexibility index (Phi) is 55.2. The molecule has 0 fully saturated rings. The van der Waals surface area contributed by atoms with Crippen molar-refractivity contribution in [1.82, 2.24) is 63.8 Å². The first-order valence-electron chi connectivity index (χ1n) is 42.6. The molecule has 688 valence electrons. The molecule has 1 unspecified atom stereocenters. The van der Waals surface area contributed by atoms with Crippen LogP contribution in [0.4, 0.5) is 0 Å². The number of carboxylic acid groups (broad SMARTS) is 4. The number of primary amides is 1. The second-order valence-electron chi connectivity index (χ2n) is 31.4. The molecule has 122 heavy (non-hydrogen) atoms. The van der Waals surface area contributed by atoms with Gasteiger partial charge < -0.3 is 113 Å². The van der Waals surface area contributed by atoms with Crippen LogP contribution in [0.25, 0.3) is 0 Å². The van der Waals surface area contributed by atoms with Crippen molar-refractivity contribution in [3.8, 4) is 0 Å². The standard InChI is InChI=1S/C82H139N19O21/c1-9-12-13-14-15-16-17-18-19-20-21-22-23-24-25-29-36-63(103)100-69(51(7)11-3)79(120)91-52(8)70(111)93-56(37-40-62(83)102)72(113)96-57(38-41-65(105)106)73(114)98-59(45-49(4)5)76(117)95-54(34-30-43-88-81(84)85)71(112)94-55(35-31-44-89-82(86)87)75(116)101-68(50(6)10-2)78(119)90-48-64(104)92-60(47-67(109)110)77(118)97-58(39-42-66(107)108)74(115)99-61(80(121)122)46-53-32-27-26-28-33-53/h26-28,32-33,49-52,54-61,68-69H,9-25,29-31,34-48H2,1-8H3,(H2,83,102)(H,90,119)(H,91,120)(H,92,104)(H,93,111)(H,94,112)(H,95,117)(H,96,113)(H,97,118)(H,98,114)(H,99,115)(H,100,103)(H,101,116)(H,105,106)(H,107,108)(H,109,110)(H,121,122)(H4,84,85,88)(H4,86,87,89)/t50-,51-,52-,54-,55?,56-,57-,58-,59-,60-,61-,68-,69-/m0/s1. The summed E-state index contributed by atoms with van der Waals surface area (Å²) in [6.45, 7) is 12.5. The molecular formula is C82H139N19O21. The van der Waals surface area contributed by atoms with Crippen LogP contribution in [0.2, 0.25) is 0 Å². The van der Waals surface area contributed by atoms with E-state index in [1.807, 2.05) is 6.92 Å². The molecule has 0 aliphatic carbocycles. The zero-order chi connectivity index (χ0) is 91.8. The van der Waals surface area contributed by atoms with E-state index in [-0.39, 0.29) is 88.2 Å². The van der Waals surface area contributed by atoms with Gasteiger partial charge in [-0.1, -0.05) is 188 Å². The van der Waals surface area contributed by atoms with E-state index in [4.69, 9.17) is 28.7 Å². The number of hydrogen-bond acceptors (Lipinski definition) is 19. The number of aliphatic carboxylic acids is 4. The fraction of sp³-hybridized carbons (Fsp3) is 0.695. The summed E-state index contributed by atoms with van der Waals surface area (Å²) < 4.78 is 0. The Balaban J connectivity index is 3.51. The Hall–Kier alpha value is -11.3. The van der Waals surface area contributed by atoms with Crippen molar-refractivity contribution < 1.29 is 102 Å². The first-order chi connectivity index (χ1) is 57.7. The third-order valence-corrected chi connectivity index (χ3v) is 20.3. The fourth-order valence-corrected chi connectivity index (χ4v) is 12.9. The van der Waals surface area contributed by atoms with E-state index in [0.717, 1.165) is 25.7 Å². The van der Waals surface area contributed by atoms with Crippen LogP contribution < -0.4 is 92.5 Å².